The van der Waals surface area contributed by atoms with Crippen LogP contribution in [0.1, 0.15) is 35.9 Å². The monoisotopic (exact) mass is 341 g/mol. The molecule has 0 spiro atoms. The molecule has 0 bridgehead atoms. The first kappa shape index (κ1) is 17.5. The van der Waals surface area contributed by atoms with Crippen molar-refractivity contribution in [2.75, 3.05) is 31.1 Å². The predicted molar refractivity (Wildman–Crippen MR) is 98.7 cm³/mol. The fourth-order valence-corrected chi connectivity index (χ4v) is 3.42. The SMILES string of the molecule is CCN(CC1CCN(c2ccc(C)nn2)CC1)C(=O)c1cccn1C. The van der Waals surface area contributed by atoms with Gasteiger partial charge in [-0.1, -0.05) is 0 Å². The van der Waals surface area contributed by atoms with Gasteiger partial charge in [0.2, 0.25) is 0 Å². The second kappa shape index (κ2) is 7.68. The second-order valence-corrected chi connectivity index (χ2v) is 6.81. The minimum absolute atomic E-state index is 0.127. The largest absolute Gasteiger partial charge is 0.355 e. The van der Waals surface area contributed by atoms with Crippen molar-refractivity contribution in [3.05, 3.63) is 41.9 Å². The lowest BCUT2D eigenvalue weighted by molar-refractivity contribution is 0.0719. The maximum absolute atomic E-state index is 12.7. The van der Waals surface area contributed by atoms with E-state index in [4.69, 9.17) is 0 Å². The summed E-state index contributed by atoms with van der Waals surface area (Å²) < 4.78 is 1.89. The third-order valence-corrected chi connectivity index (χ3v) is 5.03. The Bertz CT molecular complexity index is 701. The number of rotatable bonds is 5. The van der Waals surface area contributed by atoms with Crippen LogP contribution in [-0.4, -0.2) is 51.8 Å². The highest BCUT2D eigenvalue weighted by atomic mass is 16.2. The lowest BCUT2D eigenvalue weighted by atomic mass is 9.96. The number of carbonyl (C=O) groups is 1. The van der Waals surface area contributed by atoms with Gasteiger partial charge in [-0.3, -0.25) is 4.79 Å². The van der Waals surface area contributed by atoms with Crippen LogP contribution in [0.5, 0.6) is 0 Å². The zero-order valence-corrected chi connectivity index (χ0v) is 15.4. The van der Waals surface area contributed by atoms with E-state index < -0.39 is 0 Å². The number of amides is 1. The molecule has 0 N–H and O–H groups in total. The molecule has 1 aliphatic heterocycles. The zero-order chi connectivity index (χ0) is 17.8. The first-order chi connectivity index (χ1) is 12.1. The van der Waals surface area contributed by atoms with Gasteiger partial charge in [0.25, 0.3) is 5.91 Å². The van der Waals surface area contributed by atoms with Crippen molar-refractivity contribution in [2.24, 2.45) is 13.0 Å². The summed E-state index contributed by atoms with van der Waals surface area (Å²) in [5.74, 6) is 1.62. The van der Waals surface area contributed by atoms with Gasteiger partial charge in [0.05, 0.1) is 5.69 Å². The van der Waals surface area contributed by atoms with Gasteiger partial charge >= 0.3 is 0 Å². The highest BCUT2D eigenvalue weighted by Gasteiger charge is 2.25. The molecule has 3 heterocycles. The quantitative estimate of drug-likeness (QED) is 0.838. The smallest absolute Gasteiger partial charge is 0.270 e. The van der Waals surface area contributed by atoms with Crippen LogP contribution >= 0.6 is 0 Å². The van der Waals surface area contributed by atoms with Crippen LogP contribution in [0.4, 0.5) is 5.82 Å². The minimum atomic E-state index is 0.127. The van der Waals surface area contributed by atoms with Gasteiger partial charge in [-0.2, -0.15) is 5.10 Å². The maximum Gasteiger partial charge on any atom is 0.270 e. The molecule has 1 amide bonds. The van der Waals surface area contributed by atoms with Gasteiger partial charge in [0.15, 0.2) is 5.82 Å². The first-order valence-corrected chi connectivity index (χ1v) is 9.04. The molecule has 0 unspecified atom stereocenters. The standard InChI is InChI=1S/C19H27N5O/c1-4-23(19(25)17-6-5-11-22(17)3)14-16-9-12-24(13-10-16)18-8-7-15(2)20-21-18/h5-8,11,16H,4,9-10,12-14H2,1-3H3. The topological polar surface area (TPSA) is 54.3 Å². The fraction of sp³-hybridized carbons (Fsp3) is 0.526. The fourth-order valence-electron chi connectivity index (χ4n) is 3.42. The Morgan fingerprint density at radius 1 is 1.24 bits per heavy atom. The molecule has 1 aliphatic rings. The molecule has 3 rings (SSSR count). The van der Waals surface area contributed by atoms with E-state index in [-0.39, 0.29) is 5.91 Å². The number of aryl methyl sites for hydroxylation is 2. The molecule has 0 atom stereocenters. The number of anilines is 1. The molecule has 134 valence electrons. The summed E-state index contributed by atoms with van der Waals surface area (Å²) in [6, 6.07) is 7.86. The summed E-state index contributed by atoms with van der Waals surface area (Å²) >= 11 is 0. The second-order valence-electron chi connectivity index (χ2n) is 6.81. The Morgan fingerprint density at radius 3 is 2.56 bits per heavy atom. The average Bonchev–Trinajstić information content (AvgIpc) is 3.06. The molecule has 0 radical (unpaired) electrons. The van der Waals surface area contributed by atoms with Crippen molar-refractivity contribution < 1.29 is 4.79 Å². The molecular weight excluding hydrogens is 314 g/mol. The molecule has 25 heavy (non-hydrogen) atoms. The number of aromatic nitrogens is 3. The van der Waals surface area contributed by atoms with Crippen molar-refractivity contribution in [3.8, 4) is 0 Å². The van der Waals surface area contributed by atoms with E-state index in [2.05, 4.69) is 22.0 Å². The van der Waals surface area contributed by atoms with Crippen LogP contribution in [0.2, 0.25) is 0 Å². The van der Waals surface area contributed by atoms with Crippen LogP contribution in [0.25, 0.3) is 0 Å². The number of piperidine rings is 1. The van der Waals surface area contributed by atoms with E-state index in [1.807, 2.05) is 53.9 Å². The lowest BCUT2D eigenvalue weighted by Gasteiger charge is -2.35. The van der Waals surface area contributed by atoms with Gasteiger partial charge in [-0.15, -0.1) is 5.10 Å². The minimum Gasteiger partial charge on any atom is -0.355 e. The van der Waals surface area contributed by atoms with E-state index in [0.29, 0.717) is 5.92 Å². The molecular formula is C19H27N5O. The molecule has 1 saturated heterocycles. The van der Waals surface area contributed by atoms with Gasteiger partial charge in [-0.05, 0) is 56.9 Å². The average molecular weight is 341 g/mol. The Morgan fingerprint density at radius 2 is 2.00 bits per heavy atom. The highest BCUT2D eigenvalue weighted by molar-refractivity contribution is 5.92. The summed E-state index contributed by atoms with van der Waals surface area (Å²) in [6.45, 7) is 7.52. The van der Waals surface area contributed by atoms with Crippen molar-refractivity contribution in [2.45, 2.75) is 26.7 Å². The third-order valence-electron chi connectivity index (χ3n) is 5.03. The molecule has 0 saturated carbocycles. The number of hydrogen-bond acceptors (Lipinski definition) is 4. The molecule has 0 aliphatic carbocycles. The molecule has 6 heteroatoms. The van der Waals surface area contributed by atoms with E-state index in [0.717, 1.165) is 56.2 Å². The van der Waals surface area contributed by atoms with Crippen molar-refractivity contribution >= 4 is 11.7 Å². The van der Waals surface area contributed by atoms with Crippen LogP contribution in [0, 0.1) is 12.8 Å². The van der Waals surface area contributed by atoms with Gasteiger partial charge < -0.3 is 14.4 Å². The summed E-state index contributed by atoms with van der Waals surface area (Å²) in [5.41, 5.74) is 1.70. The lowest BCUT2D eigenvalue weighted by Crippen LogP contribution is -2.41. The van der Waals surface area contributed by atoms with E-state index in [1.54, 1.807) is 0 Å². The summed E-state index contributed by atoms with van der Waals surface area (Å²) in [5, 5.41) is 8.43. The van der Waals surface area contributed by atoms with Crippen LogP contribution in [0.15, 0.2) is 30.5 Å². The molecule has 2 aromatic heterocycles. The number of nitrogens with zero attached hydrogens (tertiary/aromatic N) is 5. The molecule has 0 aromatic carbocycles. The van der Waals surface area contributed by atoms with Gasteiger partial charge in [-0.25, -0.2) is 0 Å². The highest BCUT2D eigenvalue weighted by Crippen LogP contribution is 2.23. The Labute approximate surface area is 149 Å². The van der Waals surface area contributed by atoms with Gasteiger partial charge in [0, 0.05) is 39.4 Å². The maximum atomic E-state index is 12.7. The Balaban J connectivity index is 1.56. The summed E-state index contributed by atoms with van der Waals surface area (Å²) in [4.78, 5) is 17.0. The van der Waals surface area contributed by atoms with E-state index in [9.17, 15) is 4.79 Å². The van der Waals surface area contributed by atoms with Gasteiger partial charge in [0.1, 0.15) is 5.69 Å². The Kier molecular flexibility index (Phi) is 5.36. The molecule has 2 aromatic rings. The predicted octanol–water partition coefficient (Wildman–Crippen LogP) is 2.50. The van der Waals surface area contributed by atoms with Crippen LogP contribution in [0.3, 0.4) is 0 Å². The van der Waals surface area contributed by atoms with Crippen molar-refractivity contribution in [1.29, 1.82) is 0 Å². The van der Waals surface area contributed by atoms with Crippen molar-refractivity contribution in [3.63, 3.8) is 0 Å². The zero-order valence-electron chi connectivity index (χ0n) is 15.4. The molecule has 1 fully saturated rings. The van der Waals surface area contributed by atoms with Crippen LogP contribution in [-0.2, 0) is 7.05 Å². The number of hydrogen-bond donors (Lipinski definition) is 0. The normalized spacial score (nSPS) is 15.4. The Hall–Kier alpha value is -2.37. The van der Waals surface area contributed by atoms with E-state index in [1.165, 1.54) is 0 Å². The van der Waals surface area contributed by atoms with Crippen molar-refractivity contribution in [1.82, 2.24) is 19.7 Å². The first-order valence-electron chi connectivity index (χ1n) is 9.04. The third kappa shape index (κ3) is 4.00. The summed E-state index contributed by atoms with van der Waals surface area (Å²) in [6.07, 6.45) is 4.07. The summed E-state index contributed by atoms with van der Waals surface area (Å²) in [7, 11) is 1.92. The van der Waals surface area contributed by atoms with E-state index >= 15 is 0 Å². The van der Waals surface area contributed by atoms with Crippen LogP contribution < -0.4 is 4.90 Å². The molecule has 6 nitrogen and oxygen atoms in total. The number of carbonyl (C=O) groups excluding carboxylic acids is 1.